The van der Waals surface area contributed by atoms with E-state index in [2.05, 4.69) is 4.72 Å². The summed E-state index contributed by atoms with van der Waals surface area (Å²) >= 11 is 0. The number of nitrogens with one attached hydrogen (secondary N) is 1. The number of ether oxygens (including phenoxy) is 2. The number of hydrogen-bond acceptors (Lipinski definition) is 7. The number of nitriles is 1. The standard InChI is InChI=1S/C21H20N4O5S/c1-13-4-9-18(29-2)17(10-13)24-31(27,28)16-7-5-15(6-8-16)25-12-14(11-22)19(23)20(25)21(26)30-3/h4-10,12,24H,23H2,1-3H3. The lowest BCUT2D eigenvalue weighted by molar-refractivity contribution is 0.0593. The summed E-state index contributed by atoms with van der Waals surface area (Å²) in [5.41, 5.74) is 7.57. The van der Waals surface area contributed by atoms with Gasteiger partial charge in [-0.2, -0.15) is 5.26 Å². The van der Waals surface area contributed by atoms with E-state index in [1.807, 2.05) is 19.1 Å². The molecule has 3 N–H and O–H groups in total. The number of nitrogens with zero attached hydrogens (tertiary/aromatic N) is 2. The van der Waals surface area contributed by atoms with Crippen molar-refractivity contribution in [1.29, 1.82) is 5.26 Å². The molecule has 10 heteroatoms. The van der Waals surface area contributed by atoms with Crippen LogP contribution in [0.3, 0.4) is 0 Å². The van der Waals surface area contributed by atoms with E-state index in [9.17, 15) is 18.5 Å². The first kappa shape index (κ1) is 21.7. The Labute approximate surface area is 179 Å². The predicted molar refractivity (Wildman–Crippen MR) is 115 cm³/mol. The number of hydrogen-bond donors (Lipinski definition) is 2. The zero-order valence-electron chi connectivity index (χ0n) is 17.0. The number of anilines is 2. The van der Waals surface area contributed by atoms with Gasteiger partial charge in [0.2, 0.25) is 0 Å². The Balaban J connectivity index is 1.98. The minimum absolute atomic E-state index is 0.0000574. The fourth-order valence-corrected chi connectivity index (χ4v) is 4.07. The van der Waals surface area contributed by atoms with Crippen molar-refractivity contribution in [2.75, 3.05) is 24.7 Å². The van der Waals surface area contributed by atoms with E-state index in [0.717, 1.165) is 5.56 Å². The highest BCUT2D eigenvalue weighted by atomic mass is 32.2. The van der Waals surface area contributed by atoms with E-state index in [-0.39, 0.29) is 21.8 Å². The van der Waals surface area contributed by atoms with Gasteiger partial charge in [-0.05, 0) is 48.9 Å². The fraction of sp³-hybridized carbons (Fsp3) is 0.143. The lowest BCUT2D eigenvalue weighted by atomic mass is 10.2. The molecule has 0 saturated heterocycles. The van der Waals surface area contributed by atoms with Crippen molar-refractivity contribution in [2.45, 2.75) is 11.8 Å². The zero-order valence-corrected chi connectivity index (χ0v) is 17.9. The molecule has 0 saturated carbocycles. The van der Waals surface area contributed by atoms with E-state index < -0.39 is 16.0 Å². The van der Waals surface area contributed by atoms with Crippen LogP contribution in [0, 0.1) is 18.3 Å². The topological polar surface area (TPSA) is 136 Å². The minimum Gasteiger partial charge on any atom is -0.495 e. The highest BCUT2D eigenvalue weighted by Gasteiger charge is 2.22. The third kappa shape index (κ3) is 4.17. The molecular weight excluding hydrogens is 420 g/mol. The first-order valence-corrected chi connectivity index (χ1v) is 10.5. The normalized spacial score (nSPS) is 10.9. The molecule has 0 aliphatic rings. The molecule has 0 amide bonds. The van der Waals surface area contributed by atoms with Gasteiger partial charge >= 0.3 is 5.97 Å². The number of esters is 1. The van der Waals surface area contributed by atoms with E-state index in [4.69, 9.17) is 15.2 Å². The fourth-order valence-electron chi connectivity index (χ4n) is 3.01. The smallest absolute Gasteiger partial charge is 0.357 e. The molecule has 0 spiro atoms. The van der Waals surface area contributed by atoms with Gasteiger partial charge in [0.05, 0.1) is 36.1 Å². The van der Waals surface area contributed by atoms with E-state index >= 15 is 0 Å². The second kappa shape index (κ2) is 8.41. The Kier molecular flexibility index (Phi) is 5.90. The Morgan fingerprint density at radius 3 is 2.42 bits per heavy atom. The number of aryl methyl sites for hydroxylation is 1. The Morgan fingerprint density at radius 2 is 1.84 bits per heavy atom. The Bertz CT molecular complexity index is 1290. The maximum Gasteiger partial charge on any atom is 0.357 e. The SMILES string of the molecule is COC(=O)c1c(N)c(C#N)cn1-c1ccc(S(=O)(=O)Nc2cc(C)ccc2OC)cc1. The van der Waals surface area contributed by atoms with Gasteiger partial charge in [0.25, 0.3) is 10.0 Å². The maximum absolute atomic E-state index is 12.8. The molecule has 3 aromatic rings. The van der Waals surface area contributed by atoms with Crippen LogP contribution in [0.15, 0.2) is 53.6 Å². The minimum atomic E-state index is -3.91. The van der Waals surface area contributed by atoms with Gasteiger partial charge in [-0.25, -0.2) is 13.2 Å². The first-order valence-electron chi connectivity index (χ1n) is 8.99. The molecule has 31 heavy (non-hydrogen) atoms. The quantitative estimate of drug-likeness (QED) is 0.562. The summed E-state index contributed by atoms with van der Waals surface area (Å²) in [5, 5.41) is 9.22. The molecule has 0 aliphatic heterocycles. The number of nitrogen functional groups attached to an aromatic ring is 1. The predicted octanol–water partition coefficient (Wildman–Crippen LogP) is 2.84. The third-order valence-electron chi connectivity index (χ3n) is 4.57. The van der Waals surface area contributed by atoms with Gasteiger partial charge in [-0.15, -0.1) is 0 Å². The van der Waals surface area contributed by atoms with Crippen LogP contribution in [-0.4, -0.2) is 33.2 Å². The van der Waals surface area contributed by atoms with Crippen LogP contribution in [0.2, 0.25) is 0 Å². The van der Waals surface area contributed by atoms with E-state index in [0.29, 0.717) is 17.1 Å². The van der Waals surface area contributed by atoms with Gasteiger partial charge in [0.1, 0.15) is 11.8 Å². The molecule has 0 unspecified atom stereocenters. The molecule has 0 fully saturated rings. The van der Waals surface area contributed by atoms with Gasteiger partial charge in [0, 0.05) is 11.9 Å². The van der Waals surface area contributed by atoms with Crippen LogP contribution in [0.5, 0.6) is 5.75 Å². The van der Waals surface area contributed by atoms with Crippen LogP contribution in [0.4, 0.5) is 11.4 Å². The Hall–Kier alpha value is -3.97. The van der Waals surface area contributed by atoms with E-state index in [1.54, 1.807) is 12.1 Å². The number of carbonyl (C=O) groups is 1. The summed E-state index contributed by atoms with van der Waals surface area (Å²) in [6.07, 6.45) is 1.39. The van der Waals surface area contributed by atoms with Gasteiger partial charge in [-0.3, -0.25) is 4.72 Å². The zero-order chi connectivity index (χ0) is 22.8. The van der Waals surface area contributed by atoms with Crippen molar-refractivity contribution in [1.82, 2.24) is 4.57 Å². The molecule has 2 aromatic carbocycles. The van der Waals surface area contributed by atoms with Gasteiger partial charge in [0.15, 0.2) is 5.69 Å². The molecule has 1 aromatic heterocycles. The third-order valence-corrected chi connectivity index (χ3v) is 5.95. The van der Waals surface area contributed by atoms with Gasteiger partial charge in [-0.1, -0.05) is 6.07 Å². The van der Waals surface area contributed by atoms with Crippen LogP contribution >= 0.6 is 0 Å². The molecular formula is C21H20N4O5S. The molecule has 160 valence electrons. The summed E-state index contributed by atoms with van der Waals surface area (Å²) in [6.45, 7) is 1.84. The molecule has 0 atom stereocenters. The lowest BCUT2D eigenvalue weighted by Gasteiger charge is -2.13. The lowest BCUT2D eigenvalue weighted by Crippen LogP contribution is -2.14. The van der Waals surface area contributed by atoms with Crippen LogP contribution in [-0.2, 0) is 14.8 Å². The van der Waals surface area contributed by atoms with Crippen molar-refractivity contribution in [3.63, 3.8) is 0 Å². The second-order valence-corrected chi connectivity index (χ2v) is 8.26. The van der Waals surface area contributed by atoms with Crippen LogP contribution < -0.4 is 15.2 Å². The van der Waals surface area contributed by atoms with Crippen molar-refractivity contribution in [3.05, 3.63) is 65.5 Å². The number of benzene rings is 2. The average molecular weight is 440 g/mol. The van der Waals surface area contributed by atoms with Crippen molar-refractivity contribution >= 4 is 27.4 Å². The Morgan fingerprint density at radius 1 is 1.16 bits per heavy atom. The van der Waals surface area contributed by atoms with Crippen molar-refractivity contribution in [2.24, 2.45) is 0 Å². The highest BCUT2D eigenvalue weighted by molar-refractivity contribution is 7.92. The number of sulfonamides is 1. The second-order valence-electron chi connectivity index (χ2n) is 6.58. The highest BCUT2D eigenvalue weighted by Crippen LogP contribution is 2.29. The monoisotopic (exact) mass is 440 g/mol. The summed E-state index contributed by atoms with van der Waals surface area (Å²) in [7, 11) is -1.26. The number of methoxy groups -OCH3 is 2. The summed E-state index contributed by atoms with van der Waals surface area (Å²) in [6, 6.07) is 12.8. The molecule has 0 radical (unpaired) electrons. The summed E-state index contributed by atoms with van der Waals surface area (Å²) in [4.78, 5) is 12.1. The van der Waals surface area contributed by atoms with Crippen molar-refractivity contribution in [3.8, 4) is 17.5 Å². The summed E-state index contributed by atoms with van der Waals surface area (Å²) < 4.78 is 39.6. The maximum atomic E-state index is 12.8. The van der Waals surface area contributed by atoms with Gasteiger partial charge < -0.3 is 19.8 Å². The molecule has 1 heterocycles. The molecule has 0 bridgehead atoms. The van der Waals surface area contributed by atoms with Crippen molar-refractivity contribution < 1.29 is 22.7 Å². The molecule has 0 aliphatic carbocycles. The summed E-state index contributed by atoms with van der Waals surface area (Å²) in [5.74, 6) is -0.329. The number of nitrogens with two attached hydrogens (primary N) is 1. The number of carbonyl (C=O) groups excluding carboxylic acids is 1. The molecule has 9 nitrogen and oxygen atoms in total. The number of aromatic nitrogens is 1. The van der Waals surface area contributed by atoms with Crippen LogP contribution in [0.1, 0.15) is 21.6 Å². The van der Waals surface area contributed by atoms with E-state index in [1.165, 1.54) is 49.2 Å². The number of rotatable bonds is 6. The average Bonchev–Trinajstić information content (AvgIpc) is 3.09. The first-order chi connectivity index (χ1) is 14.7. The largest absolute Gasteiger partial charge is 0.495 e. The van der Waals surface area contributed by atoms with Crippen LogP contribution in [0.25, 0.3) is 5.69 Å². The molecule has 3 rings (SSSR count).